The molecule has 1 aliphatic heterocycles. The second-order valence-corrected chi connectivity index (χ2v) is 10.3. The SMILES string of the molecule is COC(=O)c1c(N2CC[C@@H](C(O)O)C2)sc(-c2ccc3c(c2)ncn3C2CCCCC2)c1[N+](=O)[O-]. The van der Waals surface area contributed by atoms with E-state index in [1.54, 1.807) is 4.90 Å². The Bertz CT molecular complexity index is 1260. The van der Waals surface area contributed by atoms with Gasteiger partial charge in [-0.3, -0.25) is 10.1 Å². The van der Waals surface area contributed by atoms with Crippen molar-refractivity contribution in [2.75, 3.05) is 25.1 Å². The molecule has 1 atom stereocenters. The molecule has 0 unspecified atom stereocenters. The number of ether oxygens (including phenoxy) is 1. The van der Waals surface area contributed by atoms with Crippen molar-refractivity contribution in [1.82, 2.24) is 9.55 Å². The number of methoxy groups -OCH3 is 1. The van der Waals surface area contributed by atoms with E-state index in [0.29, 0.717) is 34.4 Å². The van der Waals surface area contributed by atoms with Crippen LogP contribution in [0.25, 0.3) is 21.5 Å². The molecule has 2 aromatic heterocycles. The van der Waals surface area contributed by atoms with Crippen LogP contribution in [0, 0.1) is 16.0 Å². The number of rotatable bonds is 6. The Hall–Kier alpha value is -3.02. The van der Waals surface area contributed by atoms with Crippen LogP contribution >= 0.6 is 11.3 Å². The van der Waals surface area contributed by atoms with Crippen LogP contribution in [0.2, 0.25) is 0 Å². The average molecular weight is 501 g/mol. The molecule has 0 bridgehead atoms. The highest BCUT2D eigenvalue weighted by Crippen LogP contribution is 2.49. The van der Waals surface area contributed by atoms with Gasteiger partial charge in [0.2, 0.25) is 0 Å². The number of benzene rings is 1. The summed E-state index contributed by atoms with van der Waals surface area (Å²) in [5, 5.41) is 31.8. The van der Waals surface area contributed by atoms with E-state index in [9.17, 15) is 25.1 Å². The fraction of sp³-hybridized carbons (Fsp3) is 0.500. The Balaban J connectivity index is 1.59. The van der Waals surface area contributed by atoms with Gasteiger partial charge in [-0.2, -0.15) is 0 Å². The maximum absolute atomic E-state index is 12.7. The van der Waals surface area contributed by atoms with E-state index in [1.807, 2.05) is 24.5 Å². The summed E-state index contributed by atoms with van der Waals surface area (Å²) in [6.45, 7) is 0.734. The number of imidazole rings is 1. The number of hydrogen-bond donors (Lipinski definition) is 2. The number of hydrogen-bond acceptors (Lipinski definition) is 9. The lowest BCUT2D eigenvalue weighted by Gasteiger charge is -2.23. The summed E-state index contributed by atoms with van der Waals surface area (Å²) in [7, 11) is 1.20. The van der Waals surface area contributed by atoms with Crippen molar-refractivity contribution >= 4 is 39.0 Å². The first kappa shape index (κ1) is 23.7. The fourth-order valence-corrected chi connectivity index (χ4v) is 6.62. The molecule has 2 fully saturated rings. The average Bonchev–Trinajstić information content (AvgIpc) is 3.60. The topological polar surface area (TPSA) is 131 Å². The van der Waals surface area contributed by atoms with Gasteiger partial charge >= 0.3 is 11.7 Å². The Labute approximate surface area is 205 Å². The summed E-state index contributed by atoms with van der Waals surface area (Å²) in [5.74, 6) is -1.19. The minimum Gasteiger partial charge on any atom is -0.465 e. The number of esters is 1. The molecule has 5 rings (SSSR count). The van der Waals surface area contributed by atoms with Crippen LogP contribution in [0.5, 0.6) is 0 Å². The summed E-state index contributed by atoms with van der Waals surface area (Å²) in [5.41, 5.74) is 1.96. The molecule has 186 valence electrons. The molecule has 0 spiro atoms. The van der Waals surface area contributed by atoms with Crippen LogP contribution in [0.1, 0.15) is 54.9 Å². The van der Waals surface area contributed by atoms with Crippen LogP contribution in [0.3, 0.4) is 0 Å². The van der Waals surface area contributed by atoms with Crippen LogP contribution in [0.15, 0.2) is 24.5 Å². The predicted molar refractivity (Wildman–Crippen MR) is 132 cm³/mol. The number of anilines is 1. The highest BCUT2D eigenvalue weighted by molar-refractivity contribution is 7.20. The van der Waals surface area contributed by atoms with Crippen molar-refractivity contribution in [3.63, 3.8) is 0 Å². The van der Waals surface area contributed by atoms with E-state index >= 15 is 0 Å². The highest BCUT2D eigenvalue weighted by atomic mass is 32.1. The summed E-state index contributed by atoms with van der Waals surface area (Å²) in [6.07, 6.45) is 6.77. The molecule has 11 heteroatoms. The number of carbonyl (C=O) groups excluding carboxylic acids is 1. The van der Waals surface area contributed by atoms with Crippen LogP contribution in [0.4, 0.5) is 10.7 Å². The van der Waals surface area contributed by atoms with Gasteiger partial charge in [0.15, 0.2) is 11.9 Å². The van der Waals surface area contributed by atoms with Gasteiger partial charge in [-0.25, -0.2) is 9.78 Å². The first-order chi connectivity index (χ1) is 16.9. The molecule has 3 aromatic rings. The van der Waals surface area contributed by atoms with E-state index in [-0.39, 0.29) is 17.8 Å². The second-order valence-electron chi connectivity index (χ2n) is 9.26. The van der Waals surface area contributed by atoms with Gasteiger partial charge in [-0.15, -0.1) is 11.3 Å². The van der Waals surface area contributed by atoms with Crippen LogP contribution < -0.4 is 4.90 Å². The molecule has 1 aromatic carbocycles. The zero-order chi connectivity index (χ0) is 24.7. The monoisotopic (exact) mass is 500 g/mol. The third-order valence-corrected chi connectivity index (χ3v) is 8.46. The molecule has 35 heavy (non-hydrogen) atoms. The highest BCUT2D eigenvalue weighted by Gasteiger charge is 2.38. The summed E-state index contributed by atoms with van der Waals surface area (Å²) in [6, 6.07) is 6.04. The molecule has 10 nitrogen and oxygen atoms in total. The van der Waals surface area contributed by atoms with Gasteiger partial charge in [-0.1, -0.05) is 25.3 Å². The number of nitrogens with zero attached hydrogens (tertiary/aromatic N) is 4. The molecule has 1 saturated carbocycles. The summed E-state index contributed by atoms with van der Waals surface area (Å²) in [4.78, 5) is 31.1. The first-order valence-corrected chi connectivity index (χ1v) is 12.7. The molecule has 1 aliphatic carbocycles. The molecule has 3 heterocycles. The molecular formula is C24H28N4O6S. The maximum Gasteiger partial charge on any atom is 0.347 e. The predicted octanol–water partition coefficient (Wildman–Crippen LogP) is 4.10. The number of aliphatic hydroxyl groups is 2. The number of nitro groups is 1. The minimum absolute atomic E-state index is 0.0987. The van der Waals surface area contributed by atoms with Crippen molar-refractivity contribution in [3.8, 4) is 10.4 Å². The molecular weight excluding hydrogens is 472 g/mol. The zero-order valence-corrected chi connectivity index (χ0v) is 20.2. The van der Waals surface area contributed by atoms with E-state index < -0.39 is 23.1 Å². The standard InChI is InChI=1S/C24H28N4O6S/c1-34-24(31)19-20(28(32)33)21(35-22(19)26-10-9-15(12-26)23(29)30)14-7-8-18-17(11-14)25-13-27(18)16-5-3-2-4-6-16/h7-8,11,13,15-16,23,29-30H,2-6,9-10,12H2,1H3/t15-/m1/s1. The van der Waals surface area contributed by atoms with E-state index in [1.165, 1.54) is 26.4 Å². The van der Waals surface area contributed by atoms with Gasteiger partial charge in [0.1, 0.15) is 9.88 Å². The van der Waals surface area contributed by atoms with Crippen molar-refractivity contribution in [1.29, 1.82) is 0 Å². The van der Waals surface area contributed by atoms with Crippen molar-refractivity contribution in [2.24, 2.45) is 5.92 Å². The minimum atomic E-state index is -1.49. The number of aromatic nitrogens is 2. The molecule has 2 N–H and O–H groups in total. The van der Waals surface area contributed by atoms with Gasteiger partial charge in [0.25, 0.3) is 0 Å². The molecule has 0 radical (unpaired) electrons. The Kier molecular flexibility index (Phi) is 6.47. The van der Waals surface area contributed by atoms with Gasteiger partial charge in [0.05, 0.1) is 29.4 Å². The largest absolute Gasteiger partial charge is 0.465 e. The van der Waals surface area contributed by atoms with E-state index in [2.05, 4.69) is 9.55 Å². The van der Waals surface area contributed by atoms with Gasteiger partial charge in [0, 0.05) is 30.6 Å². The summed E-state index contributed by atoms with van der Waals surface area (Å²) >= 11 is 1.15. The molecule has 0 amide bonds. The van der Waals surface area contributed by atoms with Crippen LogP contribution in [-0.2, 0) is 4.74 Å². The fourth-order valence-electron chi connectivity index (χ4n) is 5.33. The van der Waals surface area contributed by atoms with Gasteiger partial charge in [-0.05, 0) is 31.4 Å². The van der Waals surface area contributed by atoms with E-state index in [0.717, 1.165) is 35.2 Å². The molecule has 2 aliphatic rings. The maximum atomic E-state index is 12.7. The normalized spacial score (nSPS) is 19.1. The molecule has 1 saturated heterocycles. The third kappa shape index (κ3) is 4.28. The second kappa shape index (κ2) is 9.56. The van der Waals surface area contributed by atoms with Crippen molar-refractivity contribution in [2.45, 2.75) is 50.9 Å². The quantitative estimate of drug-likeness (QED) is 0.224. The van der Waals surface area contributed by atoms with E-state index in [4.69, 9.17) is 4.74 Å². The van der Waals surface area contributed by atoms with Crippen LogP contribution in [-0.4, -0.2) is 57.1 Å². The smallest absolute Gasteiger partial charge is 0.347 e. The number of fused-ring (bicyclic) bond motifs is 1. The van der Waals surface area contributed by atoms with Gasteiger partial charge < -0.3 is 24.4 Å². The lowest BCUT2D eigenvalue weighted by molar-refractivity contribution is -0.384. The van der Waals surface area contributed by atoms with Crippen molar-refractivity contribution < 1.29 is 24.7 Å². The number of carbonyl (C=O) groups is 1. The first-order valence-electron chi connectivity index (χ1n) is 11.9. The zero-order valence-electron chi connectivity index (χ0n) is 19.4. The number of aliphatic hydroxyl groups excluding tert-OH is 1. The number of thiophene rings is 1. The Morgan fingerprint density at radius 3 is 2.69 bits per heavy atom. The Morgan fingerprint density at radius 1 is 1.26 bits per heavy atom. The summed E-state index contributed by atoms with van der Waals surface area (Å²) < 4.78 is 7.12. The Morgan fingerprint density at radius 2 is 2.03 bits per heavy atom. The van der Waals surface area contributed by atoms with Crippen molar-refractivity contribution in [3.05, 3.63) is 40.2 Å². The lowest BCUT2D eigenvalue weighted by atomic mass is 9.95. The third-order valence-electron chi connectivity index (χ3n) is 7.18. The lowest BCUT2D eigenvalue weighted by Crippen LogP contribution is -2.25.